The Morgan fingerprint density at radius 3 is 2.53 bits per heavy atom. The van der Waals surface area contributed by atoms with Crippen molar-refractivity contribution < 1.29 is 28.2 Å². The molecule has 0 saturated carbocycles. The third-order valence-corrected chi connectivity index (χ3v) is 5.09. The number of aromatic nitrogens is 4. The number of halogens is 2. The lowest BCUT2D eigenvalue weighted by atomic mass is 10.1. The third-order valence-electron chi connectivity index (χ3n) is 5.09. The first-order valence-electron chi connectivity index (χ1n) is 10.4. The van der Waals surface area contributed by atoms with E-state index in [-0.39, 0.29) is 0 Å². The van der Waals surface area contributed by atoms with Gasteiger partial charge in [-0.2, -0.15) is 0 Å². The van der Waals surface area contributed by atoms with Crippen LogP contribution in [0.15, 0.2) is 42.9 Å². The van der Waals surface area contributed by atoms with Crippen molar-refractivity contribution in [2.45, 2.75) is 19.8 Å². The van der Waals surface area contributed by atoms with E-state index >= 15 is 0 Å². The summed E-state index contributed by atoms with van der Waals surface area (Å²) in [6.07, 6.45) is 3.81. The highest BCUT2D eigenvalue weighted by atomic mass is 19.3. The number of morpholine rings is 1. The fraction of sp³-hybridized carbons (Fsp3) is 0.348. The van der Waals surface area contributed by atoms with Crippen molar-refractivity contribution in [3.8, 4) is 17.1 Å². The largest absolute Gasteiger partial charge is 0.478 e. The van der Waals surface area contributed by atoms with Gasteiger partial charge in [0.25, 0.3) is 11.8 Å². The number of carboxylic acids is 1. The minimum Gasteiger partial charge on any atom is -0.478 e. The lowest BCUT2D eigenvalue weighted by molar-refractivity contribution is 0.0150. The van der Waals surface area contributed by atoms with Crippen molar-refractivity contribution in [3.05, 3.63) is 59.7 Å². The summed E-state index contributed by atoms with van der Waals surface area (Å²) >= 11 is 0. The lowest BCUT2D eigenvalue weighted by Crippen LogP contribution is -2.36. The van der Waals surface area contributed by atoms with Gasteiger partial charge in [0.15, 0.2) is 0 Å². The van der Waals surface area contributed by atoms with Gasteiger partial charge >= 0.3 is 5.97 Å². The van der Waals surface area contributed by atoms with Crippen molar-refractivity contribution in [2.24, 2.45) is 0 Å². The number of hydrogen-bond acceptors (Lipinski definition) is 8. The minimum absolute atomic E-state index is 0.414. The third kappa shape index (κ3) is 5.98. The summed E-state index contributed by atoms with van der Waals surface area (Å²) in [7, 11) is 1.61. The monoisotopic (exact) mass is 473 g/mol. The number of carboxylic acid groups (broad SMARTS) is 1. The number of hydrogen-bond donors (Lipinski definition) is 1. The van der Waals surface area contributed by atoms with Crippen molar-refractivity contribution in [3.63, 3.8) is 0 Å². The van der Waals surface area contributed by atoms with E-state index in [9.17, 15) is 13.6 Å². The molecule has 34 heavy (non-hydrogen) atoms. The zero-order valence-electron chi connectivity index (χ0n) is 19.0. The predicted octanol–water partition coefficient (Wildman–Crippen LogP) is 3.58. The number of rotatable bonds is 5. The number of carbonyl (C=O) groups is 1. The van der Waals surface area contributed by atoms with Crippen molar-refractivity contribution in [1.29, 1.82) is 0 Å². The molecule has 4 heterocycles. The molecule has 1 N–H and O–H groups in total. The van der Waals surface area contributed by atoms with Gasteiger partial charge in [0.1, 0.15) is 5.69 Å². The van der Waals surface area contributed by atoms with E-state index < -0.39 is 23.0 Å². The Morgan fingerprint density at radius 1 is 1.21 bits per heavy atom. The average Bonchev–Trinajstić information content (AvgIpc) is 2.84. The Bertz CT molecular complexity index is 1130. The van der Waals surface area contributed by atoms with Crippen LogP contribution < -0.4 is 9.64 Å². The molecule has 0 atom stereocenters. The number of methoxy groups -OCH3 is 1. The second-order valence-corrected chi connectivity index (χ2v) is 7.47. The van der Waals surface area contributed by atoms with Crippen molar-refractivity contribution in [1.82, 2.24) is 20.2 Å². The van der Waals surface area contributed by atoms with Gasteiger partial charge in [0.2, 0.25) is 0 Å². The molecule has 1 fully saturated rings. The standard InChI is InChI=1S/C15H18N4O2.C8H7F2NO2/c1-11-12(4-3-5-16-11)13-10-14(15(20-2)18-17-13)19-6-8-21-9-7-19;1-8(9,10)6-4-11-3-2-5(6)7(12)13/h3-5,10H,6-9H2,1-2H3;2-4H,1H3,(H,12,13). The fourth-order valence-electron chi connectivity index (χ4n) is 3.36. The fourth-order valence-corrected chi connectivity index (χ4v) is 3.36. The van der Waals surface area contributed by atoms with Gasteiger partial charge in [-0.1, -0.05) is 0 Å². The van der Waals surface area contributed by atoms with Crippen LogP contribution in [0.4, 0.5) is 14.5 Å². The molecule has 1 aliphatic rings. The summed E-state index contributed by atoms with van der Waals surface area (Å²) in [4.78, 5) is 20.5. The second-order valence-electron chi connectivity index (χ2n) is 7.47. The first-order chi connectivity index (χ1) is 16.2. The number of alkyl halides is 2. The highest BCUT2D eigenvalue weighted by molar-refractivity contribution is 5.89. The molecule has 0 radical (unpaired) electrons. The maximum absolute atomic E-state index is 12.8. The molecule has 3 aromatic rings. The SMILES string of the molecule is CC(F)(F)c1cnccc1C(=O)O.COc1nnc(-c2cccnc2C)cc1N1CCOCC1. The summed E-state index contributed by atoms with van der Waals surface area (Å²) < 4.78 is 36.3. The molecule has 9 nitrogen and oxygen atoms in total. The molecule has 0 amide bonds. The normalized spacial score (nSPS) is 13.6. The first-order valence-corrected chi connectivity index (χ1v) is 10.4. The van der Waals surface area contributed by atoms with Crippen LogP contribution in [0.2, 0.25) is 0 Å². The number of anilines is 1. The van der Waals surface area contributed by atoms with E-state index in [0.29, 0.717) is 26.0 Å². The van der Waals surface area contributed by atoms with E-state index in [4.69, 9.17) is 14.6 Å². The summed E-state index contributed by atoms with van der Waals surface area (Å²) in [5.74, 6) is -4.01. The van der Waals surface area contributed by atoms with Crippen LogP contribution in [0.3, 0.4) is 0 Å². The maximum Gasteiger partial charge on any atom is 0.336 e. The second kappa shape index (κ2) is 10.9. The minimum atomic E-state index is -3.18. The molecule has 0 bridgehead atoms. The molecular weight excluding hydrogens is 448 g/mol. The summed E-state index contributed by atoms with van der Waals surface area (Å²) in [6.45, 7) is 5.69. The topological polar surface area (TPSA) is 111 Å². The molecule has 1 saturated heterocycles. The van der Waals surface area contributed by atoms with Gasteiger partial charge < -0.3 is 19.5 Å². The molecule has 3 aromatic heterocycles. The Morgan fingerprint density at radius 2 is 1.94 bits per heavy atom. The van der Waals surface area contributed by atoms with Crippen molar-refractivity contribution in [2.75, 3.05) is 38.3 Å². The number of aryl methyl sites for hydroxylation is 1. The summed E-state index contributed by atoms with van der Waals surface area (Å²) in [5, 5.41) is 17.0. The smallest absolute Gasteiger partial charge is 0.336 e. The van der Waals surface area contributed by atoms with Gasteiger partial charge in [-0.3, -0.25) is 9.97 Å². The number of aromatic carboxylic acids is 1. The zero-order chi connectivity index (χ0) is 24.7. The molecule has 0 spiro atoms. The van der Waals surface area contributed by atoms with Crippen LogP contribution in [0, 0.1) is 6.92 Å². The van der Waals surface area contributed by atoms with Gasteiger partial charge in [-0.05, 0) is 31.2 Å². The number of nitrogens with zero attached hydrogens (tertiary/aromatic N) is 5. The predicted molar refractivity (Wildman–Crippen MR) is 120 cm³/mol. The van der Waals surface area contributed by atoms with Crippen molar-refractivity contribution >= 4 is 11.7 Å². The van der Waals surface area contributed by atoms with Crippen LogP contribution in [0.1, 0.15) is 28.5 Å². The Hall–Kier alpha value is -3.73. The number of pyridine rings is 2. The molecule has 4 rings (SSSR count). The Labute approximate surface area is 195 Å². The van der Waals surface area contributed by atoms with Crippen LogP contribution in [0.5, 0.6) is 5.88 Å². The lowest BCUT2D eigenvalue weighted by Gasteiger charge is -2.29. The maximum atomic E-state index is 12.8. The van der Waals surface area contributed by atoms with Gasteiger partial charge in [0, 0.05) is 49.9 Å². The quantitative estimate of drug-likeness (QED) is 0.594. The van der Waals surface area contributed by atoms with Gasteiger partial charge in [0.05, 0.1) is 37.1 Å². The molecule has 0 aromatic carbocycles. The first kappa shape index (κ1) is 24.9. The number of ether oxygens (including phenoxy) is 2. The van der Waals surface area contributed by atoms with Crippen LogP contribution in [-0.4, -0.2) is 64.7 Å². The van der Waals surface area contributed by atoms with Crippen LogP contribution in [-0.2, 0) is 10.7 Å². The zero-order valence-corrected chi connectivity index (χ0v) is 19.0. The average molecular weight is 473 g/mol. The van der Waals surface area contributed by atoms with E-state index in [1.807, 2.05) is 25.1 Å². The highest BCUT2D eigenvalue weighted by Gasteiger charge is 2.30. The summed E-state index contributed by atoms with van der Waals surface area (Å²) in [5.41, 5.74) is 2.70. The Balaban J connectivity index is 0.000000215. The molecule has 0 unspecified atom stereocenters. The van der Waals surface area contributed by atoms with Crippen LogP contribution >= 0.6 is 0 Å². The van der Waals surface area contributed by atoms with Gasteiger partial charge in [-0.15, -0.1) is 10.2 Å². The molecule has 1 aliphatic heterocycles. The molecule has 180 valence electrons. The molecule has 11 heteroatoms. The summed E-state index contributed by atoms with van der Waals surface area (Å²) in [6, 6.07) is 6.97. The van der Waals surface area contributed by atoms with E-state index in [2.05, 4.69) is 25.1 Å². The highest BCUT2D eigenvalue weighted by Crippen LogP contribution is 2.31. The van der Waals surface area contributed by atoms with E-state index in [0.717, 1.165) is 48.0 Å². The van der Waals surface area contributed by atoms with E-state index in [1.54, 1.807) is 13.3 Å². The Kier molecular flexibility index (Phi) is 8.00. The molecular formula is C23H25F2N5O4. The molecule has 0 aliphatic carbocycles. The van der Waals surface area contributed by atoms with E-state index in [1.165, 1.54) is 6.20 Å². The van der Waals surface area contributed by atoms with Gasteiger partial charge in [-0.25, -0.2) is 13.6 Å². The van der Waals surface area contributed by atoms with Crippen LogP contribution in [0.25, 0.3) is 11.3 Å².